The number of rotatable bonds is 4. The molecule has 1 aliphatic rings. The number of benzene rings is 1. The van der Waals surface area contributed by atoms with Crippen molar-refractivity contribution in [3.63, 3.8) is 0 Å². The Bertz CT molecular complexity index is 954. The zero-order valence-electron chi connectivity index (χ0n) is 14.1. The molecule has 29 heavy (non-hydrogen) atoms. The molecule has 2 atom stereocenters. The topological polar surface area (TPSA) is 96.0 Å². The van der Waals surface area contributed by atoms with Gasteiger partial charge in [-0.15, -0.1) is 0 Å². The molecule has 1 unspecified atom stereocenters. The van der Waals surface area contributed by atoms with E-state index in [0.717, 1.165) is 24.5 Å². The van der Waals surface area contributed by atoms with Crippen molar-refractivity contribution in [1.82, 2.24) is 25.9 Å². The van der Waals surface area contributed by atoms with Crippen LogP contribution in [0.3, 0.4) is 0 Å². The van der Waals surface area contributed by atoms with Crippen LogP contribution in [-0.2, 0) is 11.0 Å². The molecular weight excluding hydrogens is 425 g/mol. The minimum Gasteiger partial charge on any atom is -0.343 e. The van der Waals surface area contributed by atoms with Crippen LogP contribution in [0.1, 0.15) is 23.0 Å². The molecule has 2 aromatic rings. The molecule has 154 valence electrons. The summed E-state index contributed by atoms with van der Waals surface area (Å²) in [6, 6.07) is -1.20. The molecule has 1 saturated heterocycles. The summed E-state index contributed by atoms with van der Waals surface area (Å²) in [7, 11) is 0. The Labute approximate surface area is 164 Å². The standard InChI is InChI=1S/C16H11ClF5N5O2/c17-10-8(18)2-1-7(11(10)19)12(27-13(28)9-5-25-15(29)26-9)6-3-23-14(24-4-6)16(20,21)22/h1-4,9,12H,5H2,(H,27,28)(H2,25,26,29)/t9?,12-/m1/s1. The van der Waals surface area contributed by atoms with Gasteiger partial charge in [-0.2, -0.15) is 13.2 Å². The number of halogens is 6. The van der Waals surface area contributed by atoms with E-state index in [4.69, 9.17) is 11.6 Å². The molecule has 3 rings (SSSR count). The van der Waals surface area contributed by atoms with E-state index in [-0.39, 0.29) is 17.7 Å². The predicted molar refractivity (Wildman–Crippen MR) is 88.7 cm³/mol. The van der Waals surface area contributed by atoms with Gasteiger partial charge in [0, 0.05) is 30.1 Å². The Kier molecular flexibility index (Phi) is 5.55. The van der Waals surface area contributed by atoms with Crippen molar-refractivity contribution in [2.24, 2.45) is 0 Å². The molecular formula is C16H11ClF5N5O2. The number of hydrogen-bond acceptors (Lipinski definition) is 4. The summed E-state index contributed by atoms with van der Waals surface area (Å²) >= 11 is 5.57. The number of hydrogen-bond donors (Lipinski definition) is 3. The summed E-state index contributed by atoms with van der Waals surface area (Å²) in [6.45, 7) is -0.0620. The summed E-state index contributed by atoms with van der Waals surface area (Å²) in [5, 5.41) is 6.18. The smallest absolute Gasteiger partial charge is 0.343 e. The third kappa shape index (κ3) is 4.36. The second kappa shape index (κ2) is 7.78. The van der Waals surface area contributed by atoms with Gasteiger partial charge < -0.3 is 16.0 Å². The van der Waals surface area contributed by atoms with Crippen LogP contribution in [0.15, 0.2) is 24.5 Å². The summed E-state index contributed by atoms with van der Waals surface area (Å²) < 4.78 is 66.1. The molecule has 1 aromatic carbocycles. The van der Waals surface area contributed by atoms with E-state index in [0.29, 0.717) is 0 Å². The number of amides is 3. The van der Waals surface area contributed by atoms with Crippen LogP contribution >= 0.6 is 11.6 Å². The fourth-order valence-corrected chi connectivity index (χ4v) is 2.77. The minimum absolute atomic E-state index is 0.0620. The molecule has 1 aliphatic heterocycles. The SMILES string of the molecule is O=C1NCC(C(=O)N[C@H](c2cnc(C(F)(F)F)nc2)c2ccc(F)c(Cl)c2F)N1. The van der Waals surface area contributed by atoms with Crippen LogP contribution in [0.4, 0.5) is 26.7 Å². The summed E-state index contributed by atoms with van der Waals surface area (Å²) in [6.07, 6.45) is -3.30. The van der Waals surface area contributed by atoms with Gasteiger partial charge in [0.2, 0.25) is 11.7 Å². The Balaban J connectivity index is 1.99. The molecule has 1 aromatic heterocycles. The van der Waals surface area contributed by atoms with E-state index in [9.17, 15) is 31.5 Å². The molecule has 2 heterocycles. The third-order valence-corrected chi connectivity index (χ3v) is 4.36. The van der Waals surface area contributed by atoms with E-state index in [1.54, 1.807) is 0 Å². The minimum atomic E-state index is -4.80. The van der Waals surface area contributed by atoms with Gasteiger partial charge in [-0.1, -0.05) is 17.7 Å². The number of nitrogens with zero attached hydrogens (tertiary/aromatic N) is 2. The third-order valence-electron chi connectivity index (χ3n) is 4.01. The van der Waals surface area contributed by atoms with Crippen molar-refractivity contribution in [3.05, 3.63) is 58.1 Å². The van der Waals surface area contributed by atoms with Crippen LogP contribution in [0.2, 0.25) is 5.02 Å². The van der Waals surface area contributed by atoms with Gasteiger partial charge in [0.25, 0.3) is 0 Å². The van der Waals surface area contributed by atoms with Crippen molar-refractivity contribution in [1.29, 1.82) is 0 Å². The fraction of sp³-hybridized carbons (Fsp3) is 0.250. The molecule has 0 radical (unpaired) electrons. The molecule has 1 fully saturated rings. The van der Waals surface area contributed by atoms with E-state index < -0.39 is 52.7 Å². The summed E-state index contributed by atoms with van der Waals surface area (Å²) in [5.74, 6) is -4.48. The van der Waals surface area contributed by atoms with Crippen molar-refractivity contribution in [3.8, 4) is 0 Å². The van der Waals surface area contributed by atoms with Crippen LogP contribution in [-0.4, -0.2) is 34.5 Å². The van der Waals surface area contributed by atoms with E-state index >= 15 is 0 Å². The lowest BCUT2D eigenvalue weighted by atomic mass is 9.99. The molecule has 3 N–H and O–H groups in total. The van der Waals surface area contributed by atoms with Gasteiger partial charge in [0.1, 0.15) is 22.7 Å². The summed E-state index contributed by atoms with van der Waals surface area (Å²) in [4.78, 5) is 30.0. The molecule has 3 amide bonds. The molecule has 0 bridgehead atoms. The first-order chi connectivity index (χ1) is 13.6. The van der Waals surface area contributed by atoms with Gasteiger partial charge >= 0.3 is 12.2 Å². The Morgan fingerprint density at radius 1 is 1.24 bits per heavy atom. The average Bonchev–Trinajstić information content (AvgIpc) is 3.11. The Morgan fingerprint density at radius 2 is 1.90 bits per heavy atom. The number of carbonyl (C=O) groups is 2. The first-order valence-electron chi connectivity index (χ1n) is 7.95. The van der Waals surface area contributed by atoms with Crippen LogP contribution < -0.4 is 16.0 Å². The Morgan fingerprint density at radius 3 is 2.45 bits per heavy atom. The maximum atomic E-state index is 14.5. The van der Waals surface area contributed by atoms with Gasteiger partial charge in [-0.25, -0.2) is 23.5 Å². The molecule has 0 aliphatic carbocycles. The van der Waals surface area contributed by atoms with Gasteiger partial charge in [0.15, 0.2) is 0 Å². The van der Waals surface area contributed by atoms with E-state index in [2.05, 4.69) is 25.9 Å². The highest BCUT2D eigenvalue weighted by atomic mass is 35.5. The van der Waals surface area contributed by atoms with Gasteiger partial charge in [-0.3, -0.25) is 4.79 Å². The van der Waals surface area contributed by atoms with Crippen molar-refractivity contribution < 1.29 is 31.5 Å². The number of nitrogens with one attached hydrogen (secondary N) is 3. The highest BCUT2D eigenvalue weighted by Crippen LogP contribution is 2.31. The summed E-state index contributed by atoms with van der Waals surface area (Å²) in [5.41, 5.74) is -0.449. The molecule has 7 nitrogen and oxygen atoms in total. The first kappa shape index (κ1) is 20.7. The maximum absolute atomic E-state index is 14.5. The monoisotopic (exact) mass is 435 g/mol. The van der Waals surface area contributed by atoms with E-state index in [1.165, 1.54) is 0 Å². The molecule has 13 heteroatoms. The second-order valence-electron chi connectivity index (χ2n) is 5.95. The zero-order chi connectivity index (χ0) is 21.3. The first-order valence-corrected chi connectivity index (χ1v) is 8.33. The van der Waals surface area contributed by atoms with Crippen LogP contribution in [0.25, 0.3) is 0 Å². The second-order valence-corrected chi connectivity index (χ2v) is 6.33. The van der Waals surface area contributed by atoms with Crippen LogP contribution in [0.5, 0.6) is 0 Å². The highest BCUT2D eigenvalue weighted by molar-refractivity contribution is 6.31. The number of carbonyl (C=O) groups excluding carboxylic acids is 2. The van der Waals surface area contributed by atoms with Crippen molar-refractivity contribution >= 4 is 23.5 Å². The Hall–Kier alpha value is -3.02. The van der Waals surface area contributed by atoms with E-state index in [1.807, 2.05) is 0 Å². The number of urea groups is 1. The van der Waals surface area contributed by atoms with Crippen LogP contribution in [0, 0.1) is 11.6 Å². The number of alkyl halides is 3. The number of aromatic nitrogens is 2. The van der Waals surface area contributed by atoms with Crippen molar-refractivity contribution in [2.45, 2.75) is 18.3 Å². The van der Waals surface area contributed by atoms with Crippen molar-refractivity contribution in [2.75, 3.05) is 6.54 Å². The van der Waals surface area contributed by atoms with Gasteiger partial charge in [0.05, 0.1) is 6.04 Å². The maximum Gasteiger partial charge on any atom is 0.451 e. The quantitative estimate of drug-likeness (QED) is 0.507. The lowest BCUT2D eigenvalue weighted by molar-refractivity contribution is -0.145. The zero-order valence-corrected chi connectivity index (χ0v) is 14.9. The predicted octanol–water partition coefficient (Wildman–Crippen LogP) is 2.31. The average molecular weight is 436 g/mol. The highest BCUT2D eigenvalue weighted by Gasteiger charge is 2.35. The normalized spacial score (nSPS) is 17.4. The van der Waals surface area contributed by atoms with Gasteiger partial charge in [-0.05, 0) is 6.07 Å². The molecule has 0 spiro atoms. The molecule has 0 saturated carbocycles. The lowest BCUT2D eigenvalue weighted by Gasteiger charge is -2.22. The lowest BCUT2D eigenvalue weighted by Crippen LogP contribution is -2.44. The fourth-order valence-electron chi connectivity index (χ4n) is 2.59. The largest absolute Gasteiger partial charge is 0.451 e.